The Balaban J connectivity index is 2.22. The average molecular weight is 302 g/mol. The number of aromatic carboxylic acids is 1. The maximum absolute atomic E-state index is 12.2. The van der Waals surface area contributed by atoms with Crippen LogP contribution in [0, 0.1) is 0 Å². The van der Waals surface area contributed by atoms with Crippen LogP contribution in [0.25, 0.3) is 0 Å². The monoisotopic (exact) mass is 302 g/mol. The van der Waals surface area contributed by atoms with Gasteiger partial charge < -0.3 is 5.11 Å². The highest BCUT2D eigenvalue weighted by atomic mass is 19.3. The van der Waals surface area contributed by atoms with Crippen molar-refractivity contribution in [2.45, 2.75) is 6.42 Å². The molecule has 2 aromatic rings. The standard InChI is InChI=1S/C16H11FO5/c17-22-16(21)13-4-2-1-3-12(13)9-14(18)10-5-7-11(8-6-10)15(19)20/h1-8H,9H2,(H,19,20). The van der Waals surface area contributed by atoms with Gasteiger partial charge in [0.1, 0.15) is 0 Å². The summed E-state index contributed by atoms with van der Waals surface area (Å²) in [5.74, 6) is -2.57. The van der Waals surface area contributed by atoms with Gasteiger partial charge in [-0.3, -0.25) is 4.79 Å². The summed E-state index contributed by atoms with van der Waals surface area (Å²) in [6, 6.07) is 11.4. The van der Waals surface area contributed by atoms with Gasteiger partial charge in [0.05, 0.1) is 11.1 Å². The molecule has 0 saturated carbocycles. The van der Waals surface area contributed by atoms with E-state index in [1.54, 1.807) is 6.07 Å². The number of ketones is 1. The zero-order chi connectivity index (χ0) is 16.1. The van der Waals surface area contributed by atoms with Crippen LogP contribution in [0.4, 0.5) is 4.53 Å². The molecule has 2 aromatic carbocycles. The molecule has 0 spiro atoms. The van der Waals surface area contributed by atoms with Gasteiger partial charge >= 0.3 is 11.9 Å². The first-order valence-electron chi connectivity index (χ1n) is 6.30. The molecule has 0 aliphatic rings. The molecule has 0 atom stereocenters. The predicted octanol–water partition coefficient (Wildman–Crippen LogP) is 2.85. The van der Waals surface area contributed by atoms with Crippen LogP contribution in [0.3, 0.4) is 0 Å². The number of carboxylic acids is 1. The molecule has 22 heavy (non-hydrogen) atoms. The first-order chi connectivity index (χ1) is 10.5. The molecule has 0 heterocycles. The van der Waals surface area contributed by atoms with Gasteiger partial charge in [0.15, 0.2) is 5.78 Å². The fraction of sp³-hybridized carbons (Fsp3) is 0.0625. The third kappa shape index (κ3) is 3.35. The van der Waals surface area contributed by atoms with Crippen LogP contribution in [-0.2, 0) is 11.4 Å². The van der Waals surface area contributed by atoms with E-state index < -0.39 is 11.9 Å². The van der Waals surface area contributed by atoms with E-state index in [1.807, 2.05) is 0 Å². The Bertz CT molecular complexity index is 722. The van der Waals surface area contributed by atoms with Gasteiger partial charge in [-0.15, -0.1) is 0 Å². The quantitative estimate of drug-likeness (QED) is 0.859. The third-order valence-corrected chi connectivity index (χ3v) is 3.11. The van der Waals surface area contributed by atoms with Crippen molar-refractivity contribution in [2.75, 3.05) is 0 Å². The molecule has 0 unspecified atom stereocenters. The number of carbonyl (C=O) groups is 3. The van der Waals surface area contributed by atoms with Crippen LogP contribution < -0.4 is 0 Å². The van der Waals surface area contributed by atoms with Crippen LogP contribution >= 0.6 is 0 Å². The third-order valence-electron chi connectivity index (χ3n) is 3.11. The van der Waals surface area contributed by atoms with Crippen molar-refractivity contribution in [3.8, 4) is 0 Å². The number of carboxylic acid groups (broad SMARTS) is 1. The Morgan fingerprint density at radius 2 is 1.55 bits per heavy atom. The van der Waals surface area contributed by atoms with Gasteiger partial charge in [-0.1, -0.05) is 30.3 Å². The summed E-state index contributed by atoms with van der Waals surface area (Å²) in [4.78, 5) is 37.4. The zero-order valence-electron chi connectivity index (χ0n) is 11.3. The van der Waals surface area contributed by atoms with Crippen LogP contribution in [-0.4, -0.2) is 22.8 Å². The summed E-state index contributed by atoms with van der Waals surface area (Å²) in [6.07, 6.45) is -0.127. The number of carbonyl (C=O) groups excluding carboxylic acids is 2. The topological polar surface area (TPSA) is 80.7 Å². The molecule has 0 amide bonds. The second-order valence-electron chi connectivity index (χ2n) is 4.50. The lowest BCUT2D eigenvalue weighted by atomic mass is 9.98. The highest BCUT2D eigenvalue weighted by molar-refractivity contribution is 6.00. The molecular weight excluding hydrogens is 291 g/mol. The molecule has 0 radical (unpaired) electrons. The van der Waals surface area contributed by atoms with Crippen molar-refractivity contribution >= 4 is 17.7 Å². The van der Waals surface area contributed by atoms with Gasteiger partial charge in [0, 0.05) is 16.5 Å². The lowest BCUT2D eigenvalue weighted by molar-refractivity contribution is -0.0788. The average Bonchev–Trinajstić information content (AvgIpc) is 2.54. The van der Waals surface area contributed by atoms with Gasteiger partial charge in [0.2, 0.25) is 0 Å². The van der Waals surface area contributed by atoms with Crippen molar-refractivity contribution < 1.29 is 29.0 Å². The summed E-state index contributed by atoms with van der Waals surface area (Å²) in [5.41, 5.74) is 0.671. The van der Waals surface area contributed by atoms with Crippen LogP contribution in [0.5, 0.6) is 0 Å². The summed E-state index contributed by atoms with van der Waals surface area (Å²) < 4.78 is 12.0. The van der Waals surface area contributed by atoms with E-state index in [0.29, 0.717) is 11.1 Å². The van der Waals surface area contributed by atoms with Gasteiger partial charge in [0.25, 0.3) is 0 Å². The SMILES string of the molecule is O=C(O)c1ccc(C(=O)Cc2ccccc2C(=O)OF)cc1. The van der Waals surface area contributed by atoms with Crippen LogP contribution in [0.15, 0.2) is 48.5 Å². The fourth-order valence-electron chi connectivity index (χ4n) is 1.99. The minimum atomic E-state index is -1.16. The second-order valence-corrected chi connectivity index (χ2v) is 4.50. The summed E-state index contributed by atoms with van der Waals surface area (Å²) in [6.45, 7) is 0. The molecular formula is C16H11FO5. The van der Waals surface area contributed by atoms with E-state index in [1.165, 1.54) is 42.5 Å². The number of Topliss-reactive ketones (excluding diaryl/α,β-unsaturated/α-hetero) is 1. The van der Waals surface area contributed by atoms with Gasteiger partial charge in [-0.25, -0.2) is 14.5 Å². The molecule has 0 aromatic heterocycles. The Labute approximate surface area is 124 Å². The number of halogens is 1. The van der Waals surface area contributed by atoms with Crippen LogP contribution in [0.2, 0.25) is 0 Å². The minimum absolute atomic E-state index is 0.0273. The zero-order valence-corrected chi connectivity index (χ0v) is 11.3. The Morgan fingerprint density at radius 3 is 2.14 bits per heavy atom. The molecule has 5 nitrogen and oxygen atoms in total. The normalized spacial score (nSPS) is 10.0. The largest absolute Gasteiger partial charge is 0.478 e. The van der Waals surface area contributed by atoms with Crippen molar-refractivity contribution in [3.63, 3.8) is 0 Å². The van der Waals surface area contributed by atoms with Crippen molar-refractivity contribution in [3.05, 3.63) is 70.8 Å². The lowest BCUT2D eigenvalue weighted by Gasteiger charge is -2.06. The van der Waals surface area contributed by atoms with Crippen molar-refractivity contribution in [1.82, 2.24) is 0 Å². The highest BCUT2D eigenvalue weighted by Gasteiger charge is 2.16. The molecule has 0 bridgehead atoms. The van der Waals surface area contributed by atoms with Crippen molar-refractivity contribution in [1.29, 1.82) is 0 Å². The fourth-order valence-corrected chi connectivity index (χ4v) is 1.99. The first kappa shape index (κ1) is 15.4. The molecule has 6 heteroatoms. The van der Waals surface area contributed by atoms with Crippen molar-refractivity contribution in [2.24, 2.45) is 0 Å². The van der Waals surface area contributed by atoms with E-state index in [-0.39, 0.29) is 23.3 Å². The number of benzene rings is 2. The molecule has 112 valence electrons. The molecule has 0 fully saturated rings. The first-order valence-corrected chi connectivity index (χ1v) is 6.30. The van der Waals surface area contributed by atoms with Gasteiger partial charge in [-0.05, 0) is 23.8 Å². The van der Waals surface area contributed by atoms with Gasteiger partial charge in [-0.2, -0.15) is 0 Å². The Hall–Kier alpha value is -3.02. The molecule has 2 rings (SSSR count). The Kier molecular flexibility index (Phi) is 4.63. The lowest BCUT2D eigenvalue weighted by Crippen LogP contribution is -2.10. The second kappa shape index (κ2) is 6.62. The molecule has 1 N–H and O–H groups in total. The molecule has 0 aliphatic heterocycles. The Morgan fingerprint density at radius 1 is 0.955 bits per heavy atom. The van der Waals surface area contributed by atoms with E-state index in [4.69, 9.17) is 5.11 Å². The smallest absolute Gasteiger partial charge is 0.379 e. The van der Waals surface area contributed by atoms with Crippen LogP contribution in [0.1, 0.15) is 36.6 Å². The maximum atomic E-state index is 12.2. The number of rotatable bonds is 5. The predicted molar refractivity (Wildman–Crippen MR) is 74.4 cm³/mol. The summed E-state index contributed by atoms with van der Waals surface area (Å²) >= 11 is 0. The minimum Gasteiger partial charge on any atom is -0.478 e. The number of hydrogen-bond donors (Lipinski definition) is 1. The van der Waals surface area contributed by atoms with E-state index in [2.05, 4.69) is 4.94 Å². The van der Waals surface area contributed by atoms with E-state index >= 15 is 0 Å². The summed E-state index contributed by atoms with van der Waals surface area (Å²) in [5, 5.41) is 8.80. The highest BCUT2D eigenvalue weighted by Crippen LogP contribution is 2.15. The molecule has 0 aliphatic carbocycles. The number of hydrogen-bond acceptors (Lipinski definition) is 4. The van der Waals surface area contributed by atoms with E-state index in [9.17, 15) is 18.9 Å². The van der Waals surface area contributed by atoms with E-state index in [0.717, 1.165) is 0 Å². The molecule has 0 saturated heterocycles. The maximum Gasteiger partial charge on any atom is 0.379 e. The summed E-state index contributed by atoms with van der Waals surface area (Å²) in [7, 11) is 0.